The number of hydrogen-bond donors (Lipinski definition) is 7. The van der Waals surface area contributed by atoms with E-state index in [1.165, 1.54) is 13.8 Å². The van der Waals surface area contributed by atoms with E-state index in [-0.39, 0.29) is 26.0 Å². The molecular formula is C21H38N4O11. The van der Waals surface area contributed by atoms with Crippen LogP contribution in [0.15, 0.2) is 5.11 Å². The van der Waals surface area contributed by atoms with Crippen LogP contribution >= 0.6 is 0 Å². The van der Waals surface area contributed by atoms with Crippen molar-refractivity contribution in [3.63, 3.8) is 0 Å². The number of amides is 1. The topological polar surface area (TPSA) is 236 Å². The molecule has 1 amide bonds. The minimum Gasteiger partial charge on any atom is -0.394 e. The first-order valence-corrected chi connectivity index (χ1v) is 11.9. The van der Waals surface area contributed by atoms with E-state index < -0.39 is 79.5 Å². The Bertz CT molecular complexity index is 757. The molecule has 0 aromatic rings. The van der Waals surface area contributed by atoms with Gasteiger partial charge >= 0.3 is 0 Å². The molecule has 11 atom stereocenters. The smallest absolute Gasteiger partial charge is 0.217 e. The van der Waals surface area contributed by atoms with Gasteiger partial charge in [-0.1, -0.05) is 12.0 Å². The predicted molar refractivity (Wildman–Crippen MR) is 121 cm³/mol. The van der Waals surface area contributed by atoms with Crippen LogP contribution in [0.2, 0.25) is 0 Å². The fourth-order valence-electron chi connectivity index (χ4n) is 4.36. The third-order valence-corrected chi connectivity index (χ3v) is 6.21. The van der Waals surface area contributed by atoms with Gasteiger partial charge in [0.2, 0.25) is 5.91 Å². The molecule has 208 valence electrons. The summed E-state index contributed by atoms with van der Waals surface area (Å²) >= 11 is 0. The van der Waals surface area contributed by atoms with E-state index in [9.17, 15) is 35.4 Å². The fraction of sp³-hybridized carbons (Fsp3) is 0.952. The van der Waals surface area contributed by atoms with Crippen molar-refractivity contribution in [2.75, 3.05) is 19.8 Å². The first-order chi connectivity index (χ1) is 17.0. The van der Waals surface area contributed by atoms with Gasteiger partial charge in [0.15, 0.2) is 12.1 Å². The second-order valence-electron chi connectivity index (χ2n) is 9.15. The first-order valence-electron chi connectivity index (χ1n) is 11.9. The third-order valence-electron chi connectivity index (χ3n) is 6.21. The summed E-state index contributed by atoms with van der Waals surface area (Å²) in [5, 5.41) is 68.8. The second-order valence-corrected chi connectivity index (χ2v) is 9.15. The molecule has 3 unspecified atom stereocenters. The Labute approximate surface area is 208 Å². The van der Waals surface area contributed by atoms with Crippen molar-refractivity contribution in [2.24, 2.45) is 5.11 Å². The molecule has 2 aliphatic rings. The predicted octanol–water partition coefficient (Wildman–Crippen LogP) is -1.97. The van der Waals surface area contributed by atoms with Gasteiger partial charge in [-0.3, -0.25) is 4.79 Å². The van der Waals surface area contributed by atoms with Gasteiger partial charge in [-0.05, 0) is 25.3 Å². The number of carbonyl (C=O) groups excluding carboxylic acids is 1. The standard InChI is InChI=1S/C21H38N4O11/c1-4-11(28)15(30)18-14(24-10(2)27)12(29)8-21(3,35-18)36-19-16(31)13(9-26)34-20(17(19)32)33-7-5-6-23-25-22/h11-20,26,28-32H,4-9H2,1-3H3,(H,24,27)/t11-,12-,13?,14-,15-,16+,17?,18?,19+,20-,21-/m1/s1. The maximum atomic E-state index is 11.7. The van der Waals surface area contributed by atoms with Crippen LogP contribution < -0.4 is 5.32 Å². The number of carbonyl (C=O) groups is 1. The van der Waals surface area contributed by atoms with Crippen LogP contribution in [0.3, 0.4) is 0 Å². The summed E-state index contributed by atoms with van der Waals surface area (Å²) in [5.41, 5.74) is 8.34. The number of rotatable bonds is 12. The molecule has 36 heavy (non-hydrogen) atoms. The van der Waals surface area contributed by atoms with E-state index in [1.807, 2.05) is 0 Å². The van der Waals surface area contributed by atoms with Crippen molar-refractivity contribution in [3.8, 4) is 0 Å². The summed E-state index contributed by atoms with van der Waals surface area (Å²) < 4.78 is 22.8. The van der Waals surface area contributed by atoms with E-state index in [1.54, 1.807) is 6.92 Å². The number of nitrogens with one attached hydrogen (secondary N) is 1. The minimum atomic E-state index is -1.70. The zero-order chi connectivity index (χ0) is 27.0. The van der Waals surface area contributed by atoms with E-state index in [4.69, 9.17) is 24.5 Å². The van der Waals surface area contributed by atoms with Crippen molar-refractivity contribution >= 4 is 5.91 Å². The number of azide groups is 1. The van der Waals surface area contributed by atoms with E-state index in [2.05, 4.69) is 15.3 Å². The van der Waals surface area contributed by atoms with E-state index in [0.717, 1.165) is 0 Å². The Morgan fingerprint density at radius 3 is 2.58 bits per heavy atom. The zero-order valence-corrected chi connectivity index (χ0v) is 20.6. The lowest BCUT2D eigenvalue weighted by molar-refractivity contribution is -0.373. The van der Waals surface area contributed by atoms with Crippen molar-refractivity contribution in [1.29, 1.82) is 0 Å². The molecule has 7 N–H and O–H groups in total. The summed E-state index contributed by atoms with van der Waals surface area (Å²) in [6, 6.07) is -1.07. The van der Waals surface area contributed by atoms with Gasteiger partial charge in [0.05, 0.1) is 24.9 Å². The van der Waals surface area contributed by atoms with Crippen LogP contribution in [-0.2, 0) is 23.7 Å². The van der Waals surface area contributed by atoms with Gasteiger partial charge in [0.1, 0.15) is 36.6 Å². The molecule has 15 nitrogen and oxygen atoms in total. The molecule has 0 aliphatic carbocycles. The summed E-state index contributed by atoms with van der Waals surface area (Å²) in [5.74, 6) is -2.19. The highest BCUT2D eigenvalue weighted by Crippen LogP contribution is 2.36. The molecule has 0 bridgehead atoms. The average Bonchev–Trinajstić information content (AvgIpc) is 2.83. The molecule has 0 aromatic heterocycles. The Kier molecular flexibility index (Phi) is 11.7. The number of aliphatic hydroxyl groups is 6. The number of aliphatic hydroxyl groups excluding tert-OH is 6. The minimum absolute atomic E-state index is 0.0375. The lowest BCUT2D eigenvalue weighted by atomic mass is 9.88. The Balaban J connectivity index is 2.23. The zero-order valence-electron chi connectivity index (χ0n) is 20.6. The lowest BCUT2D eigenvalue weighted by Crippen LogP contribution is -2.67. The average molecular weight is 523 g/mol. The first kappa shape index (κ1) is 30.6. The monoisotopic (exact) mass is 522 g/mol. The van der Waals surface area contributed by atoms with Gasteiger partial charge in [-0.15, -0.1) is 0 Å². The lowest BCUT2D eigenvalue weighted by Gasteiger charge is -2.50. The molecule has 2 heterocycles. The highest BCUT2D eigenvalue weighted by atomic mass is 16.7. The highest BCUT2D eigenvalue weighted by molar-refractivity contribution is 5.73. The van der Waals surface area contributed by atoms with Crippen LogP contribution in [-0.4, -0.2) is 123 Å². The molecule has 0 radical (unpaired) electrons. The molecule has 2 fully saturated rings. The molecule has 0 spiro atoms. The quantitative estimate of drug-likeness (QED) is 0.0642. The van der Waals surface area contributed by atoms with Crippen LogP contribution in [0.1, 0.15) is 40.0 Å². The maximum absolute atomic E-state index is 11.7. The number of hydrogen-bond acceptors (Lipinski definition) is 12. The number of ether oxygens (including phenoxy) is 4. The van der Waals surface area contributed by atoms with Crippen molar-refractivity contribution in [3.05, 3.63) is 10.4 Å². The van der Waals surface area contributed by atoms with Crippen LogP contribution in [0, 0.1) is 0 Å². The fourth-order valence-corrected chi connectivity index (χ4v) is 4.36. The van der Waals surface area contributed by atoms with Crippen LogP contribution in [0.4, 0.5) is 0 Å². The van der Waals surface area contributed by atoms with Crippen LogP contribution in [0.5, 0.6) is 0 Å². The third kappa shape index (κ3) is 7.69. The summed E-state index contributed by atoms with van der Waals surface area (Å²) in [7, 11) is 0. The molecule has 2 rings (SSSR count). The van der Waals surface area contributed by atoms with Crippen molar-refractivity contribution in [2.45, 2.75) is 107 Å². The second kappa shape index (κ2) is 13.8. The highest BCUT2D eigenvalue weighted by Gasteiger charge is 2.53. The summed E-state index contributed by atoms with van der Waals surface area (Å²) in [6.07, 6.45) is -12.1. The molecule has 2 saturated heterocycles. The van der Waals surface area contributed by atoms with Gasteiger partial charge in [-0.25, -0.2) is 0 Å². The van der Waals surface area contributed by atoms with Gasteiger partial charge < -0.3 is 54.9 Å². The normalized spacial score (nSPS) is 38.6. The molecule has 0 aromatic carbocycles. The molecule has 15 heteroatoms. The Morgan fingerprint density at radius 2 is 2.00 bits per heavy atom. The van der Waals surface area contributed by atoms with Crippen LogP contribution in [0.25, 0.3) is 10.4 Å². The van der Waals surface area contributed by atoms with Gasteiger partial charge in [0.25, 0.3) is 0 Å². The maximum Gasteiger partial charge on any atom is 0.217 e. The van der Waals surface area contributed by atoms with Crippen molar-refractivity contribution in [1.82, 2.24) is 5.32 Å². The van der Waals surface area contributed by atoms with Gasteiger partial charge in [0, 0.05) is 31.4 Å². The Hall–Kier alpha value is -1.62. The largest absolute Gasteiger partial charge is 0.394 e. The summed E-state index contributed by atoms with van der Waals surface area (Å²) in [4.78, 5) is 14.3. The molecule has 2 aliphatic heterocycles. The molecular weight excluding hydrogens is 484 g/mol. The van der Waals surface area contributed by atoms with Crippen molar-refractivity contribution < 1.29 is 54.4 Å². The van der Waals surface area contributed by atoms with E-state index >= 15 is 0 Å². The molecule has 0 saturated carbocycles. The van der Waals surface area contributed by atoms with Gasteiger partial charge in [-0.2, -0.15) is 0 Å². The number of nitrogens with zero attached hydrogens (tertiary/aromatic N) is 3. The Morgan fingerprint density at radius 1 is 1.31 bits per heavy atom. The summed E-state index contributed by atoms with van der Waals surface area (Å²) in [6.45, 7) is 3.84. The van der Waals surface area contributed by atoms with E-state index in [0.29, 0.717) is 6.42 Å². The SMILES string of the molecule is CC[C@@H](O)[C@@H](O)C1O[C@](C)(O[C@@H]2C(O)[C@H](OCCCN=[N+]=[N-])OC(CO)[C@@H]2O)C[C@@H](O)[C@H]1NC(C)=O.